The van der Waals surface area contributed by atoms with Crippen LogP contribution in [0.1, 0.15) is 21.9 Å². The van der Waals surface area contributed by atoms with Gasteiger partial charge in [0.15, 0.2) is 5.13 Å². The average Bonchev–Trinajstić information content (AvgIpc) is 3.10. The van der Waals surface area contributed by atoms with E-state index in [1.54, 1.807) is 26.0 Å². The number of hydrogen-bond acceptors (Lipinski definition) is 5. The quantitative estimate of drug-likeness (QED) is 0.646. The number of thiophene rings is 1. The molecule has 3 aromatic rings. The Morgan fingerprint density at radius 1 is 1.32 bits per heavy atom. The van der Waals surface area contributed by atoms with Crippen LogP contribution in [0.4, 0.5) is 5.13 Å². The summed E-state index contributed by atoms with van der Waals surface area (Å²) < 4.78 is 6.54. The summed E-state index contributed by atoms with van der Waals surface area (Å²) in [6.07, 6.45) is 0. The molecule has 0 aliphatic rings. The minimum atomic E-state index is -0.246. The Morgan fingerprint density at radius 2 is 2.09 bits per heavy atom. The van der Waals surface area contributed by atoms with Crippen LogP contribution < -0.4 is 5.32 Å². The lowest BCUT2D eigenvalue weighted by Crippen LogP contribution is -2.11. The second kappa shape index (κ2) is 6.04. The van der Waals surface area contributed by atoms with Crippen molar-refractivity contribution in [2.45, 2.75) is 13.8 Å². The first-order valence-corrected chi connectivity index (χ1v) is 8.68. The Bertz CT molecular complexity index is 851. The summed E-state index contributed by atoms with van der Waals surface area (Å²) in [7, 11) is 0. The second-order valence-corrected chi connectivity index (χ2v) is 7.70. The van der Waals surface area contributed by atoms with Gasteiger partial charge < -0.3 is 4.42 Å². The van der Waals surface area contributed by atoms with Crippen LogP contribution in [0.2, 0.25) is 8.67 Å². The van der Waals surface area contributed by atoms with Crippen LogP contribution >= 0.6 is 45.9 Å². The molecule has 0 bridgehead atoms. The van der Waals surface area contributed by atoms with Gasteiger partial charge in [-0.3, -0.25) is 10.1 Å². The van der Waals surface area contributed by atoms with E-state index in [4.69, 9.17) is 27.6 Å². The number of hydrogen-bond donors (Lipinski definition) is 1. The minimum Gasteiger partial charge on any atom is -0.466 e. The number of rotatable bonds is 3. The molecule has 0 fully saturated rings. The summed E-state index contributed by atoms with van der Waals surface area (Å²) in [5.41, 5.74) is 1.96. The van der Waals surface area contributed by atoms with Crippen LogP contribution in [-0.4, -0.2) is 10.9 Å². The standard InChI is InChI=1S/C14H10Cl2N2O2S2/c1-6-3-8(7(2)20-6)13(19)18-14-17-10(5-21-14)9-4-11(15)22-12(9)16/h3-5H,1-2H3,(H,17,18,19). The van der Waals surface area contributed by atoms with Crippen LogP contribution in [-0.2, 0) is 0 Å². The number of amides is 1. The summed E-state index contributed by atoms with van der Waals surface area (Å²) >= 11 is 14.7. The number of nitrogens with one attached hydrogen (secondary N) is 1. The maximum atomic E-state index is 12.2. The third-order valence-corrected chi connectivity index (χ3v) is 5.19. The molecule has 8 heteroatoms. The van der Waals surface area contributed by atoms with Crippen molar-refractivity contribution in [1.29, 1.82) is 0 Å². The lowest BCUT2D eigenvalue weighted by atomic mass is 10.2. The van der Waals surface area contributed by atoms with E-state index in [2.05, 4.69) is 10.3 Å². The van der Waals surface area contributed by atoms with Crippen molar-refractivity contribution in [3.63, 3.8) is 0 Å². The molecule has 0 atom stereocenters. The first-order chi connectivity index (χ1) is 10.4. The smallest absolute Gasteiger partial charge is 0.260 e. The van der Waals surface area contributed by atoms with Crippen LogP contribution in [0.5, 0.6) is 0 Å². The molecule has 4 nitrogen and oxygen atoms in total. The van der Waals surface area contributed by atoms with Gasteiger partial charge >= 0.3 is 0 Å². The van der Waals surface area contributed by atoms with Crippen molar-refractivity contribution >= 4 is 56.9 Å². The summed E-state index contributed by atoms with van der Waals surface area (Å²) in [5, 5.41) is 5.09. The molecule has 3 rings (SSSR count). The molecule has 0 spiro atoms. The summed E-state index contributed by atoms with van der Waals surface area (Å²) in [6.45, 7) is 3.55. The van der Waals surface area contributed by atoms with Gasteiger partial charge in [-0.05, 0) is 26.0 Å². The van der Waals surface area contributed by atoms with E-state index in [0.29, 0.717) is 36.6 Å². The Hall–Kier alpha value is -1.34. The predicted octanol–water partition coefficient (Wildman–Crippen LogP) is 5.64. The Morgan fingerprint density at radius 3 is 2.68 bits per heavy atom. The molecule has 0 aromatic carbocycles. The van der Waals surface area contributed by atoms with Crippen LogP contribution in [0.3, 0.4) is 0 Å². The molecule has 1 N–H and O–H groups in total. The van der Waals surface area contributed by atoms with E-state index in [1.165, 1.54) is 22.7 Å². The van der Waals surface area contributed by atoms with E-state index < -0.39 is 0 Å². The highest BCUT2D eigenvalue weighted by molar-refractivity contribution is 7.20. The average molecular weight is 373 g/mol. The maximum Gasteiger partial charge on any atom is 0.260 e. The van der Waals surface area contributed by atoms with Gasteiger partial charge in [-0.15, -0.1) is 22.7 Å². The summed E-state index contributed by atoms with van der Waals surface area (Å²) in [5.74, 6) is 1.03. The number of anilines is 1. The molecule has 0 aliphatic heterocycles. The number of furan rings is 1. The van der Waals surface area contributed by atoms with Gasteiger partial charge in [-0.2, -0.15) is 0 Å². The molecular weight excluding hydrogens is 363 g/mol. The molecular formula is C14H10Cl2N2O2S2. The third kappa shape index (κ3) is 3.05. The summed E-state index contributed by atoms with van der Waals surface area (Å²) in [4.78, 5) is 16.6. The number of nitrogens with zero attached hydrogens (tertiary/aromatic N) is 1. The fourth-order valence-corrected chi connectivity index (χ4v) is 4.18. The third-order valence-electron chi connectivity index (χ3n) is 2.94. The topological polar surface area (TPSA) is 55.1 Å². The van der Waals surface area contributed by atoms with Crippen molar-refractivity contribution in [1.82, 2.24) is 4.98 Å². The highest BCUT2D eigenvalue weighted by atomic mass is 35.5. The van der Waals surface area contributed by atoms with Crippen molar-refractivity contribution in [2.75, 3.05) is 5.32 Å². The lowest BCUT2D eigenvalue weighted by Gasteiger charge is -1.99. The summed E-state index contributed by atoms with van der Waals surface area (Å²) in [6, 6.07) is 3.47. The Kier molecular flexibility index (Phi) is 4.27. The zero-order chi connectivity index (χ0) is 15.9. The van der Waals surface area contributed by atoms with Crippen molar-refractivity contribution in [3.05, 3.63) is 43.3 Å². The number of halogens is 2. The lowest BCUT2D eigenvalue weighted by molar-refractivity contribution is 0.102. The fraction of sp³-hybridized carbons (Fsp3) is 0.143. The second-order valence-electron chi connectivity index (χ2n) is 4.56. The normalized spacial score (nSPS) is 10.9. The van der Waals surface area contributed by atoms with E-state index >= 15 is 0 Å². The number of carbonyl (C=O) groups excluding carboxylic acids is 1. The van der Waals surface area contributed by atoms with Gasteiger partial charge in [0.2, 0.25) is 0 Å². The van der Waals surface area contributed by atoms with Crippen molar-refractivity contribution in [2.24, 2.45) is 0 Å². The fourth-order valence-electron chi connectivity index (χ4n) is 1.99. The molecule has 0 unspecified atom stereocenters. The zero-order valence-electron chi connectivity index (χ0n) is 11.6. The molecule has 22 heavy (non-hydrogen) atoms. The first-order valence-electron chi connectivity index (χ1n) is 6.23. The van der Waals surface area contributed by atoms with Gasteiger partial charge in [-0.25, -0.2) is 4.98 Å². The largest absolute Gasteiger partial charge is 0.466 e. The number of aromatic nitrogens is 1. The molecule has 0 saturated carbocycles. The molecule has 3 heterocycles. The van der Waals surface area contributed by atoms with Gasteiger partial charge in [0.05, 0.1) is 15.6 Å². The van der Waals surface area contributed by atoms with Crippen LogP contribution in [0, 0.1) is 13.8 Å². The highest BCUT2D eigenvalue weighted by Gasteiger charge is 2.16. The molecule has 114 valence electrons. The minimum absolute atomic E-state index is 0.246. The van der Waals surface area contributed by atoms with Gasteiger partial charge in [-0.1, -0.05) is 23.2 Å². The number of thiazole rings is 1. The van der Waals surface area contributed by atoms with Crippen LogP contribution in [0.25, 0.3) is 11.3 Å². The first kappa shape index (κ1) is 15.6. The molecule has 0 aliphatic carbocycles. The van der Waals surface area contributed by atoms with E-state index in [-0.39, 0.29) is 5.91 Å². The number of aryl methyl sites for hydroxylation is 2. The Labute approximate surface area is 144 Å². The predicted molar refractivity (Wildman–Crippen MR) is 91.6 cm³/mol. The Balaban J connectivity index is 1.81. The molecule has 3 aromatic heterocycles. The van der Waals surface area contributed by atoms with Gasteiger partial charge in [0.1, 0.15) is 15.9 Å². The van der Waals surface area contributed by atoms with Crippen molar-refractivity contribution in [3.8, 4) is 11.3 Å². The van der Waals surface area contributed by atoms with E-state index in [1.807, 2.05) is 5.38 Å². The van der Waals surface area contributed by atoms with Crippen molar-refractivity contribution < 1.29 is 9.21 Å². The molecule has 1 amide bonds. The van der Waals surface area contributed by atoms with Crippen LogP contribution in [0.15, 0.2) is 21.9 Å². The monoisotopic (exact) mass is 372 g/mol. The highest BCUT2D eigenvalue weighted by Crippen LogP contribution is 2.39. The van der Waals surface area contributed by atoms with Gasteiger partial charge in [0.25, 0.3) is 5.91 Å². The molecule has 0 saturated heterocycles. The van der Waals surface area contributed by atoms with E-state index in [9.17, 15) is 4.79 Å². The number of carbonyl (C=O) groups is 1. The zero-order valence-corrected chi connectivity index (χ0v) is 14.7. The molecule has 0 radical (unpaired) electrons. The van der Waals surface area contributed by atoms with E-state index in [0.717, 1.165) is 5.56 Å². The maximum absolute atomic E-state index is 12.2. The van der Waals surface area contributed by atoms with Gasteiger partial charge in [0, 0.05) is 10.9 Å². The SMILES string of the molecule is Cc1cc(C(=O)Nc2nc(-c3cc(Cl)sc3Cl)cs2)c(C)o1.